The number of nitrogens with one attached hydrogen (secondary N) is 2. The minimum Gasteiger partial charge on any atom is -0.492 e. The number of anilines is 3. The third kappa shape index (κ3) is 5.98. The highest BCUT2D eigenvalue weighted by Gasteiger charge is 2.15. The van der Waals surface area contributed by atoms with Crippen LogP contribution in [0.4, 0.5) is 21.5 Å². The predicted molar refractivity (Wildman–Crippen MR) is 129 cm³/mol. The van der Waals surface area contributed by atoms with E-state index in [0.29, 0.717) is 0 Å². The molecule has 3 aromatic rings. The van der Waals surface area contributed by atoms with E-state index in [4.69, 9.17) is 24.6 Å². The summed E-state index contributed by atoms with van der Waals surface area (Å²) in [5, 5.41) is 14.6. The van der Waals surface area contributed by atoms with E-state index >= 15 is 0 Å². The van der Waals surface area contributed by atoms with E-state index in [2.05, 4.69) is 15.6 Å². The van der Waals surface area contributed by atoms with Gasteiger partial charge in [0.25, 0.3) is 0 Å². The van der Waals surface area contributed by atoms with E-state index < -0.39 is 47.4 Å². The molecule has 2 aromatic carbocycles. The average molecular weight is 474 g/mol. The summed E-state index contributed by atoms with van der Waals surface area (Å²) in [6, 6.07) is 2.15. The lowest BCUT2D eigenvalue weighted by atomic mass is 10.1. The van der Waals surface area contributed by atoms with Gasteiger partial charge in [-0.1, -0.05) is 17.7 Å². The number of hydrogen-bond donors (Lipinski definition) is 2. The molecule has 0 saturated carbocycles. The zero-order valence-corrected chi connectivity index (χ0v) is 18.7. The summed E-state index contributed by atoms with van der Waals surface area (Å²) < 4.78 is 67.7. The Bertz CT molecular complexity index is 1520. The number of ether oxygens (including phenoxy) is 1. The number of halogens is 2. The molecule has 170 valence electrons. The van der Waals surface area contributed by atoms with Crippen LogP contribution in [0.25, 0.3) is 10.9 Å². The molecule has 0 unspecified atom stereocenters. The Morgan fingerprint density at radius 1 is 1.48 bits per heavy atom. The van der Waals surface area contributed by atoms with Crippen LogP contribution in [0.2, 0.25) is 5.02 Å². The van der Waals surface area contributed by atoms with Crippen molar-refractivity contribution in [3.63, 3.8) is 0 Å². The Kier molecular flexibility index (Phi) is 5.51. The largest absolute Gasteiger partial charge is 0.492 e. The van der Waals surface area contributed by atoms with Crippen molar-refractivity contribution in [1.29, 1.82) is 5.26 Å². The highest BCUT2D eigenvalue weighted by Crippen LogP contribution is 2.36. The van der Waals surface area contributed by atoms with Crippen molar-refractivity contribution in [3.8, 4) is 11.8 Å². The van der Waals surface area contributed by atoms with Crippen molar-refractivity contribution in [2.24, 2.45) is 0 Å². The van der Waals surface area contributed by atoms with Crippen LogP contribution in [0.5, 0.6) is 5.75 Å². The smallest absolute Gasteiger partial charge is 0.248 e. The molecule has 0 atom stereocenters. The lowest BCUT2D eigenvalue weighted by molar-refractivity contribution is -0.111. The molecule has 2 N–H and O–H groups in total. The number of hydrogen-bond acceptors (Lipinski definition) is 6. The molecule has 0 spiro atoms. The molecular formula is C24H23ClFN5O2. The number of likely N-dealkylation sites (N-methyl/N-ethyl adjacent to an activating group) is 1. The van der Waals surface area contributed by atoms with Gasteiger partial charge in [0.1, 0.15) is 17.6 Å². The molecule has 0 bridgehead atoms. The fourth-order valence-corrected chi connectivity index (χ4v) is 2.90. The molecule has 0 fully saturated rings. The molecule has 7 nitrogen and oxygen atoms in total. The lowest BCUT2D eigenvalue weighted by Gasteiger charge is -2.16. The van der Waals surface area contributed by atoms with Crippen LogP contribution in [0, 0.1) is 17.1 Å². The molecule has 0 aliphatic rings. The van der Waals surface area contributed by atoms with Gasteiger partial charge in [0.15, 0.2) is 0 Å². The molecule has 0 saturated heterocycles. The Morgan fingerprint density at radius 2 is 2.27 bits per heavy atom. The summed E-state index contributed by atoms with van der Waals surface area (Å²) in [7, 11) is 2.85. The summed E-state index contributed by atoms with van der Waals surface area (Å²) in [6.07, 6.45) is 2.02. The monoisotopic (exact) mass is 473 g/mol. The number of fused-ring (bicyclic) bond motifs is 1. The number of pyridine rings is 1. The molecule has 3 rings (SSSR count). The summed E-state index contributed by atoms with van der Waals surface area (Å²) in [5.74, 6) is -1.85. The van der Waals surface area contributed by atoms with Gasteiger partial charge in [-0.25, -0.2) is 4.39 Å². The standard InChI is InChI=1S/C24H23ClFN5O2/c1-4-33-22-12-20-17(11-21(22)30-23(32)6-5-9-31(2)3)24(15(13-27)14-28-20)29-16-7-8-19(26)18(25)10-16/h5-8,10-12,14H,4,9H2,1-3H3,(H,28,29)(H,30,32)/b6-5+/i5D,7D,8D,9D2,10D. The number of carbonyl (C=O) groups is 1. The minimum absolute atomic E-state index is 0.0257. The number of carbonyl (C=O) groups excluding carboxylic acids is 1. The first kappa shape index (κ1) is 16.9. The van der Waals surface area contributed by atoms with Gasteiger partial charge >= 0.3 is 0 Å². The molecule has 9 heteroatoms. The van der Waals surface area contributed by atoms with Crippen LogP contribution < -0.4 is 15.4 Å². The summed E-state index contributed by atoms with van der Waals surface area (Å²) in [5.41, 5.74) is 0.0887. The number of nitriles is 1. The lowest BCUT2D eigenvalue weighted by Crippen LogP contribution is -2.13. The van der Waals surface area contributed by atoms with Crippen molar-refractivity contribution in [2.45, 2.75) is 6.92 Å². The number of benzene rings is 2. The van der Waals surface area contributed by atoms with Gasteiger partial charge in [-0.2, -0.15) is 5.26 Å². The van der Waals surface area contributed by atoms with Crippen molar-refractivity contribution >= 4 is 45.5 Å². The van der Waals surface area contributed by atoms with Gasteiger partial charge in [-0.3, -0.25) is 9.78 Å². The van der Waals surface area contributed by atoms with E-state index in [1.807, 2.05) is 6.07 Å². The van der Waals surface area contributed by atoms with Crippen LogP contribution in [0.3, 0.4) is 0 Å². The van der Waals surface area contributed by atoms with Crippen LogP contribution in [-0.2, 0) is 4.79 Å². The Balaban J connectivity index is 2.19. The van der Waals surface area contributed by atoms with Crippen molar-refractivity contribution in [3.05, 3.63) is 65.0 Å². The first-order chi connectivity index (χ1) is 18.2. The highest BCUT2D eigenvalue weighted by atomic mass is 35.5. The average Bonchev–Trinajstić information content (AvgIpc) is 2.89. The zero-order valence-electron chi connectivity index (χ0n) is 23.9. The SMILES string of the molecule is [2H]/C(=C\C(=O)Nc1cc2c(Nc3c([2H])c([2H])c(F)c(Cl)c3[2H])c(C#N)cnc2cc1OCC)C([2H])([2H])N(C)C. The molecule has 1 amide bonds. The van der Waals surface area contributed by atoms with E-state index in [0.717, 1.165) is 11.0 Å². The Labute approximate surface area is 204 Å². The topological polar surface area (TPSA) is 90.3 Å². The second-order valence-corrected chi connectivity index (χ2v) is 7.12. The summed E-state index contributed by atoms with van der Waals surface area (Å²) >= 11 is 5.85. The normalized spacial score (nSPS) is 14.4. The zero-order chi connectivity index (χ0) is 29.2. The van der Waals surface area contributed by atoms with Crippen LogP contribution in [0.15, 0.2) is 48.6 Å². The second kappa shape index (κ2) is 10.8. The molecule has 1 heterocycles. The summed E-state index contributed by atoms with van der Waals surface area (Å²) in [6.45, 7) is -0.283. The molecule has 33 heavy (non-hydrogen) atoms. The Morgan fingerprint density at radius 3 is 2.97 bits per heavy atom. The third-order valence-corrected chi connectivity index (χ3v) is 4.37. The quantitative estimate of drug-likeness (QED) is 0.442. The van der Waals surface area contributed by atoms with E-state index in [1.165, 1.54) is 32.4 Å². The van der Waals surface area contributed by atoms with E-state index in [1.54, 1.807) is 6.92 Å². The number of amides is 1. The minimum atomic E-state index is -2.21. The van der Waals surface area contributed by atoms with Crippen LogP contribution in [0.1, 0.15) is 20.7 Å². The highest BCUT2D eigenvalue weighted by molar-refractivity contribution is 6.31. The number of aromatic nitrogens is 1. The van der Waals surface area contributed by atoms with Crippen LogP contribution in [-0.4, -0.2) is 43.0 Å². The molecule has 1 aromatic heterocycles. The van der Waals surface area contributed by atoms with Gasteiger partial charge in [0, 0.05) is 38.7 Å². The van der Waals surface area contributed by atoms with Gasteiger partial charge in [0.2, 0.25) is 5.91 Å². The van der Waals surface area contributed by atoms with E-state index in [9.17, 15) is 14.4 Å². The Hall–Kier alpha value is -3.67. The fraction of sp³-hybridized carbons (Fsp3) is 0.208. The van der Waals surface area contributed by atoms with Crippen molar-refractivity contribution in [1.82, 2.24) is 9.88 Å². The molecule has 0 radical (unpaired) electrons. The molecule has 0 aliphatic carbocycles. The first-order valence-electron chi connectivity index (χ1n) is 12.6. The maximum atomic E-state index is 14.1. The fourth-order valence-electron chi connectivity index (χ4n) is 2.76. The maximum absolute atomic E-state index is 14.1. The first-order valence-corrected chi connectivity index (χ1v) is 10.0. The summed E-state index contributed by atoms with van der Waals surface area (Å²) in [4.78, 5) is 18.1. The van der Waals surface area contributed by atoms with Gasteiger partial charge in [-0.05, 0) is 45.2 Å². The van der Waals surface area contributed by atoms with Gasteiger partial charge in [0.05, 0.1) is 39.6 Å². The van der Waals surface area contributed by atoms with Crippen molar-refractivity contribution in [2.75, 3.05) is 37.8 Å². The number of nitrogens with zero attached hydrogens (tertiary/aromatic N) is 3. The second-order valence-electron chi connectivity index (χ2n) is 6.74. The van der Waals surface area contributed by atoms with Gasteiger partial charge < -0.3 is 20.3 Å². The molecule has 0 aliphatic heterocycles. The predicted octanol–water partition coefficient (Wildman–Crippen LogP) is 5.10. The van der Waals surface area contributed by atoms with Crippen molar-refractivity contribution < 1.29 is 22.1 Å². The van der Waals surface area contributed by atoms with Gasteiger partial charge in [-0.15, -0.1) is 0 Å². The number of rotatable bonds is 8. The van der Waals surface area contributed by atoms with Crippen LogP contribution >= 0.6 is 11.6 Å². The third-order valence-electron chi connectivity index (χ3n) is 4.11. The molecular weight excluding hydrogens is 445 g/mol. The van der Waals surface area contributed by atoms with E-state index in [-0.39, 0.29) is 45.9 Å². The maximum Gasteiger partial charge on any atom is 0.248 e.